The molecule has 1 unspecified atom stereocenters. The lowest BCUT2D eigenvalue weighted by Crippen LogP contribution is -2.33. The number of benzene rings is 1. The van der Waals surface area contributed by atoms with Gasteiger partial charge < -0.3 is 16.4 Å². The zero-order chi connectivity index (χ0) is 14.4. The molecule has 0 bridgehead atoms. The highest BCUT2D eigenvalue weighted by Crippen LogP contribution is 2.16. The fourth-order valence-electron chi connectivity index (χ4n) is 1.76. The molecule has 0 aliphatic rings. The third-order valence-corrected chi connectivity index (χ3v) is 2.87. The van der Waals surface area contributed by atoms with Crippen molar-refractivity contribution in [1.29, 1.82) is 0 Å². The van der Waals surface area contributed by atoms with Crippen LogP contribution in [0.25, 0.3) is 0 Å². The first-order valence-electron chi connectivity index (χ1n) is 6.32. The van der Waals surface area contributed by atoms with Crippen molar-refractivity contribution in [1.82, 2.24) is 0 Å². The van der Waals surface area contributed by atoms with Crippen LogP contribution in [0.2, 0.25) is 0 Å². The zero-order valence-electron chi connectivity index (χ0n) is 11.6. The van der Waals surface area contributed by atoms with E-state index in [1.807, 2.05) is 13.8 Å². The second-order valence-electron chi connectivity index (χ2n) is 4.83. The Hall–Kier alpha value is -1.88. The third-order valence-electron chi connectivity index (χ3n) is 2.87. The molecule has 1 atom stereocenters. The molecule has 1 aromatic rings. The lowest BCUT2D eigenvalue weighted by atomic mass is 9.95. The number of hydrogen-bond donors (Lipinski definition) is 3. The smallest absolute Gasteiger partial charge is 0.229 e. The molecule has 5 heteroatoms. The Labute approximate surface area is 113 Å². The van der Waals surface area contributed by atoms with Gasteiger partial charge >= 0.3 is 0 Å². The molecule has 1 rings (SSSR count). The number of nitrogens with two attached hydrogens (primary N) is 1. The molecule has 0 aliphatic carbocycles. The van der Waals surface area contributed by atoms with Gasteiger partial charge in [0.1, 0.15) is 0 Å². The van der Waals surface area contributed by atoms with Crippen molar-refractivity contribution in [2.24, 2.45) is 17.6 Å². The Balaban J connectivity index is 2.67. The fourth-order valence-corrected chi connectivity index (χ4v) is 1.76. The molecule has 0 spiro atoms. The van der Waals surface area contributed by atoms with Crippen LogP contribution in [0.5, 0.6) is 0 Å². The predicted octanol–water partition coefficient (Wildman–Crippen LogP) is 1.81. The molecule has 2 amide bonds. The molecule has 104 valence electrons. The summed E-state index contributed by atoms with van der Waals surface area (Å²) in [6, 6.07) is 6.97. The molecular weight excluding hydrogens is 242 g/mol. The Kier molecular flexibility index (Phi) is 5.51. The molecule has 1 aromatic carbocycles. The fraction of sp³-hybridized carbons (Fsp3) is 0.429. The number of hydrogen-bond acceptors (Lipinski definition) is 3. The van der Waals surface area contributed by atoms with Gasteiger partial charge in [0.25, 0.3) is 0 Å². The first kappa shape index (κ1) is 15.2. The minimum Gasteiger partial charge on any atom is -0.330 e. The maximum atomic E-state index is 12.0. The lowest BCUT2D eigenvalue weighted by molar-refractivity contribution is -0.120. The summed E-state index contributed by atoms with van der Waals surface area (Å²) in [5, 5.41) is 5.49. The Morgan fingerprint density at radius 1 is 1.11 bits per heavy atom. The molecule has 0 fully saturated rings. The van der Waals surface area contributed by atoms with Crippen molar-refractivity contribution in [3.63, 3.8) is 0 Å². The van der Waals surface area contributed by atoms with E-state index in [1.165, 1.54) is 6.92 Å². The van der Waals surface area contributed by atoms with Gasteiger partial charge in [-0.25, -0.2) is 0 Å². The third kappa shape index (κ3) is 4.71. The summed E-state index contributed by atoms with van der Waals surface area (Å²) in [6.45, 7) is 5.71. The van der Waals surface area contributed by atoms with Crippen molar-refractivity contribution < 1.29 is 9.59 Å². The molecule has 0 saturated carbocycles. The van der Waals surface area contributed by atoms with Crippen LogP contribution >= 0.6 is 0 Å². The second kappa shape index (κ2) is 6.89. The van der Waals surface area contributed by atoms with Crippen molar-refractivity contribution >= 4 is 23.2 Å². The molecule has 0 radical (unpaired) electrons. The van der Waals surface area contributed by atoms with E-state index in [1.54, 1.807) is 24.3 Å². The Morgan fingerprint density at radius 3 is 1.95 bits per heavy atom. The molecule has 19 heavy (non-hydrogen) atoms. The molecule has 5 nitrogen and oxygen atoms in total. The zero-order valence-corrected chi connectivity index (χ0v) is 11.6. The van der Waals surface area contributed by atoms with Crippen molar-refractivity contribution in [3.8, 4) is 0 Å². The van der Waals surface area contributed by atoms with E-state index in [2.05, 4.69) is 10.6 Å². The van der Waals surface area contributed by atoms with Gasteiger partial charge in [0, 0.05) is 24.8 Å². The summed E-state index contributed by atoms with van der Waals surface area (Å²) >= 11 is 0. The number of amides is 2. The van der Waals surface area contributed by atoms with Gasteiger partial charge in [-0.3, -0.25) is 9.59 Å². The van der Waals surface area contributed by atoms with Gasteiger partial charge in [-0.1, -0.05) is 13.8 Å². The van der Waals surface area contributed by atoms with E-state index in [0.717, 1.165) is 0 Å². The van der Waals surface area contributed by atoms with Crippen LogP contribution in [0.15, 0.2) is 24.3 Å². The van der Waals surface area contributed by atoms with Gasteiger partial charge in [0.05, 0.1) is 5.92 Å². The van der Waals surface area contributed by atoms with Crippen molar-refractivity contribution in [2.75, 3.05) is 17.2 Å². The maximum Gasteiger partial charge on any atom is 0.229 e. The summed E-state index contributed by atoms with van der Waals surface area (Å²) in [5.74, 6) is -0.205. The molecule has 0 saturated heterocycles. The van der Waals surface area contributed by atoms with Crippen LogP contribution in [0.4, 0.5) is 11.4 Å². The van der Waals surface area contributed by atoms with Crippen LogP contribution in [0, 0.1) is 11.8 Å². The lowest BCUT2D eigenvalue weighted by Gasteiger charge is -2.18. The van der Waals surface area contributed by atoms with E-state index in [-0.39, 0.29) is 23.7 Å². The van der Waals surface area contributed by atoms with Gasteiger partial charge in [-0.15, -0.1) is 0 Å². The highest BCUT2D eigenvalue weighted by molar-refractivity contribution is 5.93. The Morgan fingerprint density at radius 2 is 1.58 bits per heavy atom. The highest BCUT2D eigenvalue weighted by Gasteiger charge is 2.20. The summed E-state index contributed by atoms with van der Waals surface area (Å²) in [6.07, 6.45) is 0. The Bertz CT molecular complexity index is 441. The average Bonchev–Trinajstić information content (AvgIpc) is 2.31. The quantitative estimate of drug-likeness (QED) is 0.757. The van der Waals surface area contributed by atoms with Crippen LogP contribution < -0.4 is 16.4 Å². The molecule has 0 aromatic heterocycles. The monoisotopic (exact) mass is 263 g/mol. The van der Waals surface area contributed by atoms with E-state index >= 15 is 0 Å². The van der Waals surface area contributed by atoms with Crippen LogP contribution in [0.3, 0.4) is 0 Å². The first-order valence-corrected chi connectivity index (χ1v) is 6.32. The standard InChI is InChI=1S/C14H21N3O2/c1-9(2)13(8-15)14(19)17-12-6-4-11(5-7-12)16-10(3)18/h4-7,9,13H,8,15H2,1-3H3,(H,16,18)(H,17,19). The minimum absolute atomic E-state index is 0.0789. The topological polar surface area (TPSA) is 84.2 Å². The normalized spacial score (nSPS) is 12.1. The number of carbonyl (C=O) groups is 2. The van der Waals surface area contributed by atoms with E-state index in [0.29, 0.717) is 17.9 Å². The summed E-state index contributed by atoms with van der Waals surface area (Å²) in [4.78, 5) is 22.9. The molecule has 0 aliphatic heterocycles. The van der Waals surface area contributed by atoms with Crippen LogP contribution in [0.1, 0.15) is 20.8 Å². The summed E-state index contributed by atoms with van der Waals surface area (Å²) in [5.41, 5.74) is 6.99. The maximum absolute atomic E-state index is 12.0. The molecular formula is C14H21N3O2. The summed E-state index contributed by atoms with van der Waals surface area (Å²) in [7, 11) is 0. The van der Waals surface area contributed by atoms with Crippen LogP contribution in [-0.2, 0) is 9.59 Å². The number of rotatable bonds is 5. The van der Waals surface area contributed by atoms with E-state index < -0.39 is 0 Å². The number of carbonyl (C=O) groups excluding carboxylic acids is 2. The first-order chi connectivity index (χ1) is 8.93. The van der Waals surface area contributed by atoms with Gasteiger partial charge in [-0.05, 0) is 30.2 Å². The van der Waals surface area contributed by atoms with Crippen molar-refractivity contribution in [2.45, 2.75) is 20.8 Å². The van der Waals surface area contributed by atoms with Gasteiger partial charge in [-0.2, -0.15) is 0 Å². The summed E-state index contributed by atoms with van der Waals surface area (Å²) < 4.78 is 0. The van der Waals surface area contributed by atoms with E-state index in [4.69, 9.17) is 5.73 Å². The SMILES string of the molecule is CC(=O)Nc1ccc(NC(=O)C(CN)C(C)C)cc1. The highest BCUT2D eigenvalue weighted by atomic mass is 16.2. The molecule has 0 heterocycles. The van der Waals surface area contributed by atoms with Gasteiger partial charge in [0.15, 0.2) is 0 Å². The van der Waals surface area contributed by atoms with Gasteiger partial charge in [0.2, 0.25) is 11.8 Å². The number of anilines is 2. The average molecular weight is 263 g/mol. The van der Waals surface area contributed by atoms with Crippen LogP contribution in [-0.4, -0.2) is 18.4 Å². The van der Waals surface area contributed by atoms with Crippen molar-refractivity contribution in [3.05, 3.63) is 24.3 Å². The second-order valence-corrected chi connectivity index (χ2v) is 4.83. The molecule has 4 N–H and O–H groups in total. The largest absolute Gasteiger partial charge is 0.330 e. The predicted molar refractivity (Wildman–Crippen MR) is 76.8 cm³/mol. The van der Waals surface area contributed by atoms with E-state index in [9.17, 15) is 9.59 Å². The minimum atomic E-state index is -0.199. The number of nitrogens with one attached hydrogen (secondary N) is 2.